The lowest BCUT2D eigenvalue weighted by Gasteiger charge is -2.28. The van der Waals surface area contributed by atoms with E-state index in [0.29, 0.717) is 18.4 Å². The quantitative estimate of drug-likeness (QED) is 0.568. The Bertz CT molecular complexity index is 1110. The minimum atomic E-state index is -0.347. The topological polar surface area (TPSA) is 72.3 Å². The normalized spacial score (nSPS) is 14.9. The van der Waals surface area contributed by atoms with E-state index in [1.54, 1.807) is 0 Å². The number of hydrogen-bond acceptors (Lipinski definition) is 6. The second kappa shape index (κ2) is 9.75. The minimum Gasteiger partial charge on any atom is -0.378 e. The Kier molecular flexibility index (Phi) is 6.81. The number of morpholine rings is 1. The highest BCUT2D eigenvalue weighted by atomic mass is 32.2. The molecule has 0 radical (unpaired) electrons. The Morgan fingerprint density at radius 2 is 1.81 bits per heavy atom. The van der Waals surface area contributed by atoms with Gasteiger partial charge in [-0.2, -0.15) is 0 Å². The van der Waals surface area contributed by atoms with Gasteiger partial charge in [0.05, 0.1) is 24.2 Å². The highest BCUT2D eigenvalue weighted by Gasteiger charge is 2.25. The van der Waals surface area contributed by atoms with Crippen molar-refractivity contribution in [2.24, 2.45) is 0 Å². The second-order valence-electron chi connectivity index (χ2n) is 8.12. The molecule has 1 atom stereocenters. The van der Waals surface area contributed by atoms with Crippen molar-refractivity contribution in [1.29, 1.82) is 0 Å². The molecule has 7 nitrogen and oxygen atoms in total. The Morgan fingerprint density at radius 3 is 2.56 bits per heavy atom. The maximum atomic E-state index is 13.0. The van der Waals surface area contributed by atoms with Crippen LogP contribution >= 0.6 is 11.8 Å². The van der Waals surface area contributed by atoms with E-state index in [4.69, 9.17) is 4.74 Å². The molecule has 1 aliphatic rings. The van der Waals surface area contributed by atoms with Gasteiger partial charge in [0.15, 0.2) is 5.16 Å². The molecular formula is C24H29N5O2S. The number of carbonyl (C=O) groups is 1. The summed E-state index contributed by atoms with van der Waals surface area (Å²) in [5.74, 6) is 0.721. The van der Waals surface area contributed by atoms with Crippen LogP contribution in [-0.2, 0) is 9.53 Å². The first-order valence-corrected chi connectivity index (χ1v) is 11.7. The Hall–Kier alpha value is -2.84. The maximum absolute atomic E-state index is 13.0. The third-order valence-corrected chi connectivity index (χ3v) is 6.52. The largest absolute Gasteiger partial charge is 0.378 e. The van der Waals surface area contributed by atoms with E-state index in [-0.39, 0.29) is 11.2 Å². The molecule has 0 bridgehead atoms. The zero-order valence-corrected chi connectivity index (χ0v) is 19.8. The molecule has 1 saturated heterocycles. The molecule has 4 rings (SSSR count). The van der Waals surface area contributed by atoms with Crippen LogP contribution in [0.3, 0.4) is 0 Å². The summed E-state index contributed by atoms with van der Waals surface area (Å²) in [7, 11) is 0. The highest BCUT2D eigenvalue weighted by molar-refractivity contribution is 8.00. The summed E-state index contributed by atoms with van der Waals surface area (Å²) in [4.78, 5) is 15.2. The summed E-state index contributed by atoms with van der Waals surface area (Å²) in [5, 5.41) is 12.4. The van der Waals surface area contributed by atoms with Crippen LogP contribution in [0.1, 0.15) is 23.6 Å². The van der Waals surface area contributed by atoms with Crippen molar-refractivity contribution >= 4 is 29.3 Å². The molecule has 1 unspecified atom stereocenters. The predicted octanol–water partition coefficient (Wildman–Crippen LogP) is 4.15. The van der Waals surface area contributed by atoms with Gasteiger partial charge in [0.1, 0.15) is 0 Å². The number of thioether (sulfide) groups is 1. The number of hydrogen-bond donors (Lipinski definition) is 1. The minimum absolute atomic E-state index is 0.0598. The highest BCUT2D eigenvalue weighted by Crippen LogP contribution is 2.30. The van der Waals surface area contributed by atoms with Crippen molar-refractivity contribution in [2.75, 3.05) is 36.5 Å². The summed E-state index contributed by atoms with van der Waals surface area (Å²) in [6, 6.07) is 14.3. The molecule has 168 valence electrons. The van der Waals surface area contributed by atoms with Gasteiger partial charge in [-0.1, -0.05) is 36.0 Å². The molecule has 3 aromatic rings. The van der Waals surface area contributed by atoms with E-state index in [2.05, 4.69) is 39.5 Å². The zero-order chi connectivity index (χ0) is 22.7. The van der Waals surface area contributed by atoms with E-state index < -0.39 is 0 Å². The lowest BCUT2D eigenvalue weighted by atomic mass is 10.1. The van der Waals surface area contributed by atoms with Gasteiger partial charge in [0, 0.05) is 18.8 Å². The van der Waals surface area contributed by atoms with Gasteiger partial charge in [0.25, 0.3) is 0 Å². The summed E-state index contributed by atoms with van der Waals surface area (Å²) in [5.41, 5.74) is 5.14. The van der Waals surface area contributed by atoms with Gasteiger partial charge >= 0.3 is 0 Å². The first kappa shape index (κ1) is 22.4. The van der Waals surface area contributed by atoms with Crippen LogP contribution < -0.4 is 10.2 Å². The molecule has 0 aliphatic carbocycles. The van der Waals surface area contributed by atoms with Crippen LogP contribution in [0.25, 0.3) is 5.69 Å². The van der Waals surface area contributed by atoms with Crippen molar-refractivity contribution in [1.82, 2.24) is 14.8 Å². The summed E-state index contributed by atoms with van der Waals surface area (Å²) < 4.78 is 7.55. The number of carbonyl (C=O) groups excluding carboxylic acids is 1. The van der Waals surface area contributed by atoms with Crippen LogP contribution in [0.4, 0.5) is 11.6 Å². The molecule has 2 aromatic carbocycles. The van der Waals surface area contributed by atoms with Crippen molar-refractivity contribution in [2.45, 2.75) is 38.1 Å². The second-order valence-corrected chi connectivity index (χ2v) is 9.43. The van der Waals surface area contributed by atoms with Gasteiger partial charge in [-0.25, -0.2) is 0 Å². The van der Waals surface area contributed by atoms with Crippen LogP contribution in [0.2, 0.25) is 0 Å². The van der Waals surface area contributed by atoms with Crippen LogP contribution in [0.5, 0.6) is 0 Å². The first-order chi connectivity index (χ1) is 15.4. The number of amides is 1. The summed E-state index contributed by atoms with van der Waals surface area (Å²) in [6.07, 6.45) is 0. The van der Waals surface area contributed by atoms with Gasteiger partial charge in [-0.05, 0) is 62.6 Å². The molecule has 1 amide bonds. The van der Waals surface area contributed by atoms with Crippen LogP contribution in [0.15, 0.2) is 47.6 Å². The molecule has 1 aliphatic heterocycles. The smallest absolute Gasteiger partial charge is 0.237 e. The maximum Gasteiger partial charge on any atom is 0.237 e. The third-order valence-electron chi connectivity index (χ3n) is 5.47. The fourth-order valence-corrected chi connectivity index (χ4v) is 4.48. The van der Waals surface area contributed by atoms with Crippen molar-refractivity contribution < 1.29 is 9.53 Å². The number of benzene rings is 2. The number of nitrogens with zero attached hydrogens (tertiary/aromatic N) is 4. The van der Waals surface area contributed by atoms with E-state index in [1.807, 2.05) is 55.7 Å². The van der Waals surface area contributed by atoms with E-state index in [9.17, 15) is 4.79 Å². The molecule has 8 heteroatoms. The lowest BCUT2D eigenvalue weighted by molar-refractivity contribution is -0.115. The van der Waals surface area contributed by atoms with Crippen LogP contribution in [0, 0.1) is 20.8 Å². The van der Waals surface area contributed by atoms with Gasteiger partial charge in [-0.3, -0.25) is 9.36 Å². The van der Waals surface area contributed by atoms with Crippen LogP contribution in [-0.4, -0.2) is 52.2 Å². The predicted molar refractivity (Wildman–Crippen MR) is 129 cm³/mol. The van der Waals surface area contributed by atoms with Crippen molar-refractivity contribution in [3.63, 3.8) is 0 Å². The number of ether oxygens (including phenoxy) is 1. The Balaban J connectivity index is 1.60. The van der Waals surface area contributed by atoms with Crippen molar-refractivity contribution in [3.8, 4) is 5.69 Å². The van der Waals surface area contributed by atoms with E-state index in [0.717, 1.165) is 47.1 Å². The molecule has 1 fully saturated rings. The number of aryl methyl sites for hydroxylation is 3. The molecule has 1 N–H and O–H groups in total. The number of rotatable bonds is 6. The molecule has 2 heterocycles. The SMILES string of the molecule is Cc1cccc(-n2c(SC(C)C(=O)Nc3cc(C)ccc3C)nnc2N2CCOCC2)c1. The average molecular weight is 452 g/mol. The van der Waals surface area contributed by atoms with E-state index in [1.165, 1.54) is 11.8 Å². The van der Waals surface area contributed by atoms with Gasteiger partial charge in [-0.15, -0.1) is 10.2 Å². The zero-order valence-electron chi connectivity index (χ0n) is 19.0. The molecule has 0 saturated carbocycles. The fraction of sp³-hybridized carbons (Fsp3) is 0.375. The first-order valence-electron chi connectivity index (χ1n) is 10.8. The monoisotopic (exact) mass is 451 g/mol. The fourth-order valence-electron chi connectivity index (χ4n) is 3.62. The molecular weight excluding hydrogens is 422 g/mol. The number of anilines is 2. The molecule has 1 aromatic heterocycles. The molecule has 32 heavy (non-hydrogen) atoms. The summed E-state index contributed by atoms with van der Waals surface area (Å²) in [6.45, 7) is 10.8. The average Bonchev–Trinajstić information content (AvgIpc) is 3.20. The third kappa shape index (κ3) is 4.97. The molecule has 0 spiro atoms. The van der Waals surface area contributed by atoms with E-state index >= 15 is 0 Å². The Labute approximate surface area is 193 Å². The number of nitrogens with one attached hydrogen (secondary N) is 1. The standard InChI is InChI=1S/C24H29N5O2S/c1-16-6-5-7-20(14-16)29-23(28-10-12-31-13-11-28)26-27-24(29)32-19(4)22(30)25-21-15-17(2)8-9-18(21)3/h5-9,14-15,19H,10-13H2,1-4H3,(H,25,30). The summed E-state index contributed by atoms with van der Waals surface area (Å²) >= 11 is 1.41. The Morgan fingerprint density at radius 1 is 1.06 bits per heavy atom. The number of aromatic nitrogens is 3. The van der Waals surface area contributed by atoms with Gasteiger partial charge < -0.3 is 15.0 Å². The van der Waals surface area contributed by atoms with Gasteiger partial charge in [0.2, 0.25) is 11.9 Å². The van der Waals surface area contributed by atoms with Crippen molar-refractivity contribution in [3.05, 3.63) is 59.2 Å². The lowest BCUT2D eigenvalue weighted by Crippen LogP contribution is -2.38.